The number of aromatic amines is 1. The molecule has 2 N–H and O–H groups in total. The summed E-state index contributed by atoms with van der Waals surface area (Å²) >= 11 is 0. The first kappa shape index (κ1) is 21.7. The number of hydrogen-bond donors (Lipinski definition) is 2. The van der Waals surface area contributed by atoms with E-state index < -0.39 is 0 Å². The number of carbonyl (C=O) groups is 2. The zero-order chi connectivity index (χ0) is 24.6. The topological polar surface area (TPSA) is 108 Å². The lowest BCUT2D eigenvalue weighted by Crippen LogP contribution is -2.28. The molecular formula is C27H23N7O2. The highest BCUT2D eigenvalue weighted by atomic mass is 16.2. The van der Waals surface area contributed by atoms with Gasteiger partial charge in [0.15, 0.2) is 0 Å². The summed E-state index contributed by atoms with van der Waals surface area (Å²) in [6.07, 6.45) is 7.41. The van der Waals surface area contributed by atoms with Gasteiger partial charge >= 0.3 is 0 Å². The van der Waals surface area contributed by atoms with Crippen molar-refractivity contribution in [1.82, 2.24) is 29.7 Å². The molecule has 2 amide bonds. The van der Waals surface area contributed by atoms with Crippen molar-refractivity contribution in [2.45, 2.75) is 12.3 Å². The zero-order valence-corrected chi connectivity index (χ0v) is 19.4. The van der Waals surface area contributed by atoms with Gasteiger partial charge in [0.1, 0.15) is 5.65 Å². The number of anilines is 1. The minimum Gasteiger partial charge on any atom is -0.343 e. The lowest BCUT2D eigenvalue weighted by Gasteiger charge is -2.16. The van der Waals surface area contributed by atoms with Crippen molar-refractivity contribution in [2.24, 2.45) is 0 Å². The molecule has 0 unspecified atom stereocenters. The molecule has 0 saturated carbocycles. The molecule has 0 radical (unpaired) electrons. The number of pyridine rings is 1. The predicted molar refractivity (Wildman–Crippen MR) is 137 cm³/mol. The lowest BCUT2D eigenvalue weighted by atomic mass is 10.0. The van der Waals surface area contributed by atoms with Crippen LogP contribution in [0.4, 0.5) is 5.69 Å². The minimum absolute atomic E-state index is 0.0205. The molecule has 36 heavy (non-hydrogen) atoms. The fourth-order valence-corrected chi connectivity index (χ4v) is 4.81. The summed E-state index contributed by atoms with van der Waals surface area (Å²) in [7, 11) is 0. The molecule has 9 nitrogen and oxygen atoms in total. The van der Waals surface area contributed by atoms with Crippen molar-refractivity contribution in [3.8, 4) is 11.1 Å². The first-order valence-corrected chi connectivity index (χ1v) is 11.7. The van der Waals surface area contributed by atoms with Crippen molar-refractivity contribution in [3.63, 3.8) is 0 Å². The average molecular weight is 478 g/mol. The van der Waals surface area contributed by atoms with Gasteiger partial charge in [-0.1, -0.05) is 6.58 Å². The Morgan fingerprint density at radius 2 is 1.94 bits per heavy atom. The van der Waals surface area contributed by atoms with Gasteiger partial charge in [-0.2, -0.15) is 14.8 Å². The second-order valence-corrected chi connectivity index (χ2v) is 8.81. The molecule has 1 atom stereocenters. The van der Waals surface area contributed by atoms with Gasteiger partial charge in [0, 0.05) is 59.3 Å². The second kappa shape index (κ2) is 8.77. The zero-order valence-electron chi connectivity index (χ0n) is 19.4. The van der Waals surface area contributed by atoms with E-state index in [4.69, 9.17) is 0 Å². The number of likely N-dealkylation sites (tertiary alicyclic amines) is 1. The lowest BCUT2D eigenvalue weighted by molar-refractivity contribution is -0.111. The first-order valence-electron chi connectivity index (χ1n) is 11.7. The Morgan fingerprint density at radius 1 is 1.08 bits per heavy atom. The molecule has 1 aliphatic rings. The Morgan fingerprint density at radius 3 is 2.78 bits per heavy atom. The Balaban J connectivity index is 1.22. The molecule has 5 heterocycles. The van der Waals surface area contributed by atoms with Gasteiger partial charge in [-0.05, 0) is 66.6 Å². The summed E-state index contributed by atoms with van der Waals surface area (Å²) in [6, 6.07) is 15.0. The minimum atomic E-state index is -0.286. The van der Waals surface area contributed by atoms with Crippen LogP contribution in [-0.4, -0.2) is 54.6 Å². The maximum Gasteiger partial charge on any atom is 0.253 e. The van der Waals surface area contributed by atoms with Gasteiger partial charge < -0.3 is 15.2 Å². The molecule has 6 rings (SSSR count). The number of hydrogen-bond acceptors (Lipinski definition) is 5. The summed E-state index contributed by atoms with van der Waals surface area (Å²) in [5.74, 6) is -0.119. The Hall–Kier alpha value is -4.79. The van der Waals surface area contributed by atoms with Crippen LogP contribution in [0.3, 0.4) is 0 Å². The van der Waals surface area contributed by atoms with E-state index in [2.05, 4.69) is 38.1 Å². The molecule has 9 heteroatoms. The highest BCUT2D eigenvalue weighted by molar-refractivity contribution is 6.00. The maximum absolute atomic E-state index is 13.1. The molecule has 178 valence electrons. The third kappa shape index (κ3) is 3.80. The van der Waals surface area contributed by atoms with Crippen LogP contribution in [0.1, 0.15) is 28.4 Å². The van der Waals surface area contributed by atoms with E-state index in [9.17, 15) is 9.59 Å². The highest BCUT2D eigenvalue weighted by Gasteiger charge is 2.29. The molecule has 0 aliphatic carbocycles. The quantitative estimate of drug-likeness (QED) is 0.372. The highest BCUT2D eigenvalue weighted by Crippen LogP contribution is 2.35. The van der Waals surface area contributed by atoms with Crippen LogP contribution < -0.4 is 5.32 Å². The molecular weight excluding hydrogens is 454 g/mol. The van der Waals surface area contributed by atoms with Crippen LogP contribution >= 0.6 is 0 Å². The van der Waals surface area contributed by atoms with Crippen LogP contribution in [0, 0.1) is 0 Å². The number of rotatable bonds is 5. The van der Waals surface area contributed by atoms with Gasteiger partial charge in [-0.15, -0.1) is 0 Å². The Bertz CT molecular complexity index is 1620. The van der Waals surface area contributed by atoms with Crippen LogP contribution in [-0.2, 0) is 4.79 Å². The molecule has 1 saturated heterocycles. The van der Waals surface area contributed by atoms with Gasteiger partial charge in [0.25, 0.3) is 5.91 Å². The van der Waals surface area contributed by atoms with Crippen LogP contribution in [0.25, 0.3) is 27.7 Å². The Labute approximate surface area is 206 Å². The number of nitrogens with one attached hydrogen (secondary N) is 2. The molecule has 1 aromatic carbocycles. The van der Waals surface area contributed by atoms with Crippen LogP contribution in [0.5, 0.6) is 0 Å². The van der Waals surface area contributed by atoms with Gasteiger partial charge in [0.2, 0.25) is 5.91 Å². The van der Waals surface area contributed by atoms with E-state index in [1.807, 2.05) is 29.3 Å². The first-order chi connectivity index (χ1) is 17.6. The monoisotopic (exact) mass is 477 g/mol. The van der Waals surface area contributed by atoms with Gasteiger partial charge in [0.05, 0.1) is 11.7 Å². The second-order valence-electron chi connectivity index (χ2n) is 8.81. The molecule has 5 aromatic rings. The van der Waals surface area contributed by atoms with E-state index in [0.29, 0.717) is 24.3 Å². The summed E-state index contributed by atoms with van der Waals surface area (Å²) < 4.78 is 1.62. The average Bonchev–Trinajstić information content (AvgIpc) is 3.66. The summed E-state index contributed by atoms with van der Waals surface area (Å²) in [5, 5.41) is 12.4. The van der Waals surface area contributed by atoms with Crippen LogP contribution in [0.15, 0.2) is 79.8 Å². The molecule has 1 fully saturated rings. The third-order valence-electron chi connectivity index (χ3n) is 6.65. The summed E-state index contributed by atoms with van der Waals surface area (Å²) in [6.45, 7) is 4.74. The number of carbonyl (C=O) groups excluding carboxylic acids is 2. The van der Waals surface area contributed by atoms with E-state index >= 15 is 0 Å². The maximum atomic E-state index is 13.1. The summed E-state index contributed by atoms with van der Waals surface area (Å²) in [5.41, 5.74) is 6.07. The van der Waals surface area contributed by atoms with Gasteiger partial charge in [-0.25, -0.2) is 4.98 Å². The number of fused-ring (bicyclic) bond motifs is 2. The van der Waals surface area contributed by atoms with Gasteiger partial charge in [-0.3, -0.25) is 9.59 Å². The number of H-pyrrole nitrogens is 1. The normalized spacial score (nSPS) is 15.4. The van der Waals surface area contributed by atoms with Crippen molar-refractivity contribution in [2.75, 3.05) is 18.4 Å². The molecule has 0 spiro atoms. The predicted octanol–water partition coefficient (Wildman–Crippen LogP) is 4.03. The fraction of sp³-hybridized carbons (Fsp3) is 0.148. The van der Waals surface area contributed by atoms with Crippen molar-refractivity contribution in [3.05, 3.63) is 91.0 Å². The summed E-state index contributed by atoms with van der Waals surface area (Å²) in [4.78, 5) is 34.5. The smallest absolute Gasteiger partial charge is 0.253 e. The van der Waals surface area contributed by atoms with E-state index in [-0.39, 0.29) is 17.7 Å². The fourth-order valence-electron chi connectivity index (χ4n) is 4.81. The van der Waals surface area contributed by atoms with Crippen LogP contribution in [0.2, 0.25) is 0 Å². The third-order valence-corrected chi connectivity index (χ3v) is 6.65. The number of nitrogens with zero attached hydrogens (tertiary/aromatic N) is 5. The molecule has 0 bridgehead atoms. The number of aromatic nitrogens is 5. The standard InChI is InChI=1S/C27H23N7O2/c1-2-25(35)31-19-7-5-17(6-8-19)27(36)33-13-10-18(16-33)23-14-21-20(9-12-28-26(21)32-23)22-15-30-34-24(22)4-3-11-29-34/h2-9,11-12,14-15,18H,1,10,13,16H2,(H,28,32)(H,31,35)/t18-/m1/s1. The van der Waals surface area contributed by atoms with Crippen molar-refractivity contribution in [1.29, 1.82) is 0 Å². The molecule has 1 aliphatic heterocycles. The Kier molecular flexibility index (Phi) is 5.29. The van der Waals surface area contributed by atoms with E-state index in [1.54, 1.807) is 41.3 Å². The largest absolute Gasteiger partial charge is 0.343 e. The number of amides is 2. The van der Waals surface area contributed by atoms with Crippen molar-refractivity contribution >= 4 is 34.1 Å². The van der Waals surface area contributed by atoms with E-state index in [1.165, 1.54) is 6.08 Å². The number of benzene rings is 1. The van der Waals surface area contributed by atoms with E-state index in [0.717, 1.165) is 39.8 Å². The molecule has 4 aromatic heterocycles. The van der Waals surface area contributed by atoms with Crippen molar-refractivity contribution < 1.29 is 9.59 Å². The SMILES string of the molecule is C=CC(=O)Nc1ccc(C(=O)N2CC[C@@H](c3cc4c(-c5cnn6ncccc56)ccnc4[nH]3)C2)cc1.